The Hall–Kier alpha value is -5.04. The van der Waals surface area contributed by atoms with Gasteiger partial charge in [-0.15, -0.1) is 21.5 Å². The molecule has 0 aliphatic carbocycles. The number of rotatable bonds is 12. The van der Waals surface area contributed by atoms with Crippen LogP contribution in [0, 0.1) is 6.92 Å². The van der Waals surface area contributed by atoms with E-state index in [-0.39, 0.29) is 15.2 Å². The number of hydrogen-bond acceptors (Lipinski definition) is 16. The lowest BCUT2D eigenvalue weighted by molar-refractivity contribution is 0.566. The highest BCUT2D eigenvalue weighted by Crippen LogP contribution is 2.39. The molecule has 23 heteroatoms. The van der Waals surface area contributed by atoms with Gasteiger partial charge >= 0.3 is 0 Å². The van der Waals surface area contributed by atoms with Crippen LogP contribution < -0.4 is 9.44 Å². The Morgan fingerprint density at radius 3 is 1.48 bits per heavy atom. The van der Waals surface area contributed by atoms with Crippen molar-refractivity contribution in [1.29, 1.82) is 0 Å². The Labute approximate surface area is 370 Å². The number of aryl methyl sites for hydroxylation is 1. The van der Waals surface area contributed by atoms with Crippen molar-refractivity contribution in [3.8, 4) is 11.4 Å². The van der Waals surface area contributed by atoms with E-state index in [0.717, 1.165) is 23.9 Å². The number of benzene rings is 4. The summed E-state index contributed by atoms with van der Waals surface area (Å²) in [4.78, 5) is 9.40. The summed E-state index contributed by atoms with van der Waals surface area (Å²) < 4.78 is 61.2. The van der Waals surface area contributed by atoms with Crippen molar-refractivity contribution in [3.05, 3.63) is 130 Å². The number of halogens is 1. The van der Waals surface area contributed by atoms with E-state index < -0.39 is 20.0 Å². The van der Waals surface area contributed by atoms with Gasteiger partial charge in [0.05, 0.1) is 30.6 Å². The molecular formula is C37H33BrN12O4S6. The van der Waals surface area contributed by atoms with Crippen molar-refractivity contribution in [3.63, 3.8) is 0 Å². The minimum atomic E-state index is -3.70. The van der Waals surface area contributed by atoms with Crippen LogP contribution in [0.5, 0.6) is 0 Å². The highest BCUT2D eigenvalue weighted by Gasteiger charge is 2.24. The molecular weight excluding hydrogens is 949 g/mol. The molecule has 0 atom stereocenters. The Balaban J connectivity index is 0.000000183. The molecule has 0 amide bonds. The summed E-state index contributed by atoms with van der Waals surface area (Å²) in [6, 6.07) is 30.2. The van der Waals surface area contributed by atoms with Gasteiger partial charge in [0.1, 0.15) is 0 Å². The molecule has 0 spiro atoms. The maximum atomic E-state index is 12.6. The zero-order valence-corrected chi connectivity index (χ0v) is 38.4. The summed E-state index contributed by atoms with van der Waals surface area (Å²) in [5.41, 5.74) is 4.12. The van der Waals surface area contributed by atoms with Crippen molar-refractivity contribution in [2.24, 2.45) is 0 Å². The van der Waals surface area contributed by atoms with Gasteiger partial charge in [-0.1, -0.05) is 68.5 Å². The Morgan fingerprint density at radius 1 is 0.633 bits per heavy atom. The lowest BCUT2D eigenvalue weighted by atomic mass is 9.93. The average Bonchev–Trinajstić information content (AvgIpc) is 4.04. The average molecular weight is 982 g/mol. The van der Waals surface area contributed by atoms with E-state index in [2.05, 4.69) is 82.2 Å². The van der Waals surface area contributed by atoms with E-state index in [9.17, 15) is 16.8 Å². The lowest BCUT2D eigenvalue weighted by Crippen LogP contribution is -2.13. The molecule has 16 nitrogen and oxygen atoms in total. The number of para-hydroxylation sites is 2. The molecule has 0 saturated heterocycles. The third-order valence-corrected chi connectivity index (χ3v) is 15.4. The number of sulfonamides is 2. The van der Waals surface area contributed by atoms with Gasteiger partial charge in [-0.05, 0) is 140 Å². The molecule has 0 unspecified atom stereocenters. The van der Waals surface area contributed by atoms with Crippen LogP contribution in [0.1, 0.15) is 32.2 Å². The van der Waals surface area contributed by atoms with Gasteiger partial charge in [-0.25, -0.2) is 26.8 Å². The van der Waals surface area contributed by atoms with Gasteiger partial charge in [0, 0.05) is 27.9 Å². The van der Waals surface area contributed by atoms with Crippen molar-refractivity contribution in [2.45, 2.75) is 61.9 Å². The lowest BCUT2D eigenvalue weighted by Gasteiger charge is -2.15. The largest absolute Gasteiger partial charge is 0.280 e. The second-order valence-electron chi connectivity index (χ2n) is 13.5. The van der Waals surface area contributed by atoms with Crippen LogP contribution in [-0.4, -0.2) is 67.2 Å². The molecule has 0 saturated carbocycles. The third-order valence-electron chi connectivity index (χ3n) is 7.95. The molecule has 308 valence electrons. The van der Waals surface area contributed by atoms with Crippen LogP contribution in [0.15, 0.2) is 147 Å². The Bertz CT molecular complexity index is 2920. The van der Waals surface area contributed by atoms with Gasteiger partial charge < -0.3 is 0 Å². The minimum absolute atomic E-state index is 0.0881. The highest BCUT2D eigenvalue weighted by atomic mass is 79.9. The van der Waals surface area contributed by atoms with Gasteiger partial charge in [0.15, 0.2) is 8.68 Å². The molecule has 2 N–H and O–H groups in total. The monoisotopic (exact) mass is 980 g/mol. The Kier molecular flexibility index (Phi) is 13.1. The quantitative estimate of drug-likeness (QED) is 0.118. The van der Waals surface area contributed by atoms with E-state index in [1.165, 1.54) is 70.5 Å². The number of thiazole rings is 2. The summed E-state index contributed by atoms with van der Waals surface area (Å²) in [7, 11) is -7.38. The zero-order valence-electron chi connectivity index (χ0n) is 31.9. The third kappa shape index (κ3) is 10.6. The van der Waals surface area contributed by atoms with Gasteiger partial charge in [0.25, 0.3) is 20.0 Å². The predicted octanol–water partition coefficient (Wildman–Crippen LogP) is 8.51. The number of nitrogens with one attached hydrogen (secondary N) is 2. The molecule has 8 aromatic rings. The van der Waals surface area contributed by atoms with E-state index in [1.807, 2.05) is 24.4 Å². The molecule has 0 aliphatic rings. The van der Waals surface area contributed by atoms with Crippen LogP contribution in [0.2, 0.25) is 0 Å². The zero-order chi connectivity index (χ0) is 42.5. The van der Waals surface area contributed by atoms with Crippen molar-refractivity contribution in [1.82, 2.24) is 50.4 Å². The summed E-state index contributed by atoms with van der Waals surface area (Å²) >= 11 is 9.33. The summed E-state index contributed by atoms with van der Waals surface area (Å²) in [6.45, 7) is 8.24. The summed E-state index contributed by atoms with van der Waals surface area (Å²) in [5, 5.41) is 26.7. The van der Waals surface area contributed by atoms with Crippen LogP contribution >= 0.6 is 62.1 Å². The van der Waals surface area contributed by atoms with Crippen molar-refractivity contribution >= 4 is 93.5 Å². The maximum Gasteiger partial charge on any atom is 0.261 e. The fourth-order valence-corrected chi connectivity index (χ4v) is 12.4. The normalized spacial score (nSPS) is 11.8. The highest BCUT2D eigenvalue weighted by molar-refractivity contribution is 9.11. The second kappa shape index (κ2) is 18.3. The smallest absolute Gasteiger partial charge is 0.261 e. The standard InChI is InChI=1S/C20H19BrN6O2S3.C17H14N6O2S3/c1-20(2,3)16-17(21)30-19(22-16)31-18-23-25-26-27(18)14-9-11-15(12-10-14)32(28,29)24-13-7-5-4-6-8-13;1-12-11-26-17(18-12)27-16-19-21-22-23(16)14-7-9-15(10-8-14)28(24,25)20-13-5-3-2-4-6-13/h4-12,24H,1-3H3;2-11,20H,1H3. The predicted molar refractivity (Wildman–Crippen MR) is 236 cm³/mol. The van der Waals surface area contributed by atoms with E-state index >= 15 is 0 Å². The molecule has 4 heterocycles. The fourth-order valence-electron chi connectivity index (χ4n) is 5.11. The molecule has 4 aromatic heterocycles. The molecule has 0 radical (unpaired) electrons. The first-order valence-electron chi connectivity index (χ1n) is 17.5. The van der Waals surface area contributed by atoms with E-state index in [0.29, 0.717) is 33.1 Å². The topological polar surface area (TPSA) is 205 Å². The first kappa shape index (κ1) is 43.1. The van der Waals surface area contributed by atoms with E-state index in [4.69, 9.17) is 4.98 Å². The van der Waals surface area contributed by atoms with Crippen molar-refractivity contribution < 1.29 is 16.8 Å². The van der Waals surface area contributed by atoms with Gasteiger partial charge in [-0.3, -0.25) is 9.44 Å². The summed E-state index contributed by atoms with van der Waals surface area (Å²) in [5.74, 6) is 0. The maximum absolute atomic E-state index is 12.6. The minimum Gasteiger partial charge on any atom is -0.280 e. The Morgan fingerprint density at radius 2 is 1.08 bits per heavy atom. The van der Waals surface area contributed by atoms with Gasteiger partial charge in [0.2, 0.25) is 10.3 Å². The molecule has 4 aromatic carbocycles. The van der Waals surface area contributed by atoms with E-state index in [1.54, 1.807) is 82.2 Å². The van der Waals surface area contributed by atoms with Crippen LogP contribution in [0.4, 0.5) is 11.4 Å². The second-order valence-corrected chi connectivity index (χ2v) is 22.5. The molecule has 0 aliphatic heterocycles. The molecule has 0 fully saturated rings. The number of aromatic nitrogens is 10. The summed E-state index contributed by atoms with van der Waals surface area (Å²) in [6.07, 6.45) is 0. The van der Waals surface area contributed by atoms with Crippen LogP contribution in [0.3, 0.4) is 0 Å². The van der Waals surface area contributed by atoms with Crippen molar-refractivity contribution in [2.75, 3.05) is 9.44 Å². The first-order valence-corrected chi connectivity index (χ1v) is 24.6. The fraction of sp³-hybridized carbons (Fsp3) is 0.135. The van der Waals surface area contributed by atoms with Gasteiger partial charge in [-0.2, -0.15) is 9.36 Å². The molecule has 60 heavy (non-hydrogen) atoms. The number of hydrogen-bond donors (Lipinski definition) is 2. The van der Waals surface area contributed by atoms with Crippen LogP contribution in [-0.2, 0) is 25.5 Å². The SMILES string of the molecule is CC(C)(C)c1nc(Sc2nnnn2-c2ccc(S(=O)(=O)Nc3ccccc3)cc2)sc1Br.Cc1csc(Sc2nnnn2-c2ccc(S(=O)(=O)Nc3ccccc3)cc2)n1. The molecule has 0 bridgehead atoms. The number of tetrazole rings is 2. The number of anilines is 2. The number of nitrogens with zero attached hydrogens (tertiary/aromatic N) is 10. The molecule has 8 rings (SSSR count). The first-order chi connectivity index (χ1) is 28.6. The van der Waals surface area contributed by atoms with Crippen LogP contribution in [0.25, 0.3) is 11.4 Å².